The SMILES string of the molecule is CCOC(=O)/C=C1\[C@H]2CCN(c3ccc(NC(=O)OC(C)(C)C)cn3)[C@@H]1[C@H]1COC(=O)[C@@H]2C1. The smallest absolute Gasteiger partial charge is 0.412 e. The van der Waals surface area contributed by atoms with Crippen molar-refractivity contribution in [3.8, 4) is 0 Å². The van der Waals surface area contributed by atoms with Crippen LogP contribution in [0.2, 0.25) is 0 Å². The molecule has 3 heterocycles. The summed E-state index contributed by atoms with van der Waals surface area (Å²) >= 11 is 0. The Morgan fingerprint density at radius 2 is 2.09 bits per heavy atom. The maximum Gasteiger partial charge on any atom is 0.412 e. The third-order valence-electron chi connectivity index (χ3n) is 6.28. The van der Waals surface area contributed by atoms with Gasteiger partial charge in [-0.25, -0.2) is 14.6 Å². The van der Waals surface area contributed by atoms with E-state index in [9.17, 15) is 14.4 Å². The second-order valence-corrected chi connectivity index (χ2v) is 9.69. The van der Waals surface area contributed by atoms with E-state index in [0.29, 0.717) is 31.9 Å². The highest BCUT2D eigenvalue weighted by Crippen LogP contribution is 2.49. The van der Waals surface area contributed by atoms with Crippen LogP contribution in [0, 0.1) is 17.8 Å². The lowest BCUT2D eigenvalue weighted by molar-refractivity contribution is -0.162. The van der Waals surface area contributed by atoms with Gasteiger partial charge in [0.2, 0.25) is 0 Å². The van der Waals surface area contributed by atoms with Gasteiger partial charge in [0.1, 0.15) is 11.4 Å². The van der Waals surface area contributed by atoms with Crippen LogP contribution in [0.5, 0.6) is 0 Å². The molecule has 9 heteroatoms. The summed E-state index contributed by atoms with van der Waals surface area (Å²) in [5, 5.41) is 2.69. The molecular formula is C24H31N3O6. The van der Waals surface area contributed by atoms with E-state index in [2.05, 4.69) is 15.2 Å². The van der Waals surface area contributed by atoms with Crippen molar-refractivity contribution in [2.24, 2.45) is 17.8 Å². The van der Waals surface area contributed by atoms with E-state index in [1.165, 1.54) is 0 Å². The largest absolute Gasteiger partial charge is 0.465 e. The standard InChI is InChI=1S/C24H31N3O6/c1-5-31-20(28)11-17-16-8-9-27(21(17)14-10-18(16)22(29)32-13-14)19-7-6-15(12-25-19)26-23(30)33-24(2,3)4/h6-7,11-12,14,16,18,21H,5,8-10,13H2,1-4H3,(H,26,30)/b17-11+/t14-,16-,18-,21-/m1/s1. The van der Waals surface area contributed by atoms with Gasteiger partial charge in [0.25, 0.3) is 0 Å². The van der Waals surface area contributed by atoms with Gasteiger partial charge in [-0.3, -0.25) is 10.1 Å². The highest BCUT2D eigenvalue weighted by Gasteiger charge is 2.52. The van der Waals surface area contributed by atoms with Gasteiger partial charge < -0.3 is 19.1 Å². The molecule has 0 unspecified atom stereocenters. The molecule has 1 aliphatic carbocycles. The summed E-state index contributed by atoms with van der Waals surface area (Å²) in [5.41, 5.74) is 0.863. The number of aromatic nitrogens is 1. The van der Waals surface area contributed by atoms with Crippen molar-refractivity contribution in [3.05, 3.63) is 30.0 Å². The Morgan fingerprint density at radius 1 is 1.30 bits per heavy atom. The van der Waals surface area contributed by atoms with E-state index in [0.717, 1.165) is 17.8 Å². The number of carbonyl (C=O) groups is 3. The second kappa shape index (κ2) is 9.03. The highest BCUT2D eigenvalue weighted by atomic mass is 16.6. The summed E-state index contributed by atoms with van der Waals surface area (Å²) in [6, 6.07) is 3.52. The minimum atomic E-state index is -0.592. The number of cyclic esters (lactones) is 1. The third kappa shape index (κ3) is 4.96. The first-order valence-electron chi connectivity index (χ1n) is 11.4. The number of esters is 2. The summed E-state index contributed by atoms with van der Waals surface area (Å²) < 4.78 is 15.9. The Balaban J connectivity index is 1.57. The van der Waals surface area contributed by atoms with Crippen LogP contribution in [0.15, 0.2) is 30.0 Å². The molecule has 2 aliphatic heterocycles. The van der Waals surface area contributed by atoms with E-state index in [-0.39, 0.29) is 35.7 Å². The number of nitrogens with one attached hydrogen (secondary N) is 1. The predicted octanol–water partition coefficient (Wildman–Crippen LogP) is 3.31. The number of carbonyl (C=O) groups excluding carboxylic acids is 3. The monoisotopic (exact) mass is 457 g/mol. The molecular weight excluding hydrogens is 426 g/mol. The third-order valence-corrected chi connectivity index (χ3v) is 6.28. The average molecular weight is 458 g/mol. The molecule has 4 rings (SSSR count). The number of hydrogen-bond donors (Lipinski definition) is 1. The van der Waals surface area contributed by atoms with E-state index in [4.69, 9.17) is 14.2 Å². The molecule has 4 atom stereocenters. The number of pyridine rings is 1. The van der Waals surface area contributed by atoms with Crippen LogP contribution in [0.4, 0.5) is 16.3 Å². The number of piperidine rings is 1. The first-order chi connectivity index (χ1) is 15.7. The van der Waals surface area contributed by atoms with Crippen molar-refractivity contribution in [2.75, 3.05) is 30.0 Å². The van der Waals surface area contributed by atoms with E-state index in [1.54, 1.807) is 46.0 Å². The normalized spacial score (nSPS) is 27.6. The molecule has 0 spiro atoms. The molecule has 2 saturated heterocycles. The lowest BCUT2D eigenvalue weighted by atomic mass is 9.63. The van der Waals surface area contributed by atoms with Gasteiger partial charge in [-0.2, -0.15) is 0 Å². The predicted molar refractivity (Wildman–Crippen MR) is 121 cm³/mol. The van der Waals surface area contributed by atoms with Crippen LogP contribution < -0.4 is 10.2 Å². The zero-order valence-electron chi connectivity index (χ0n) is 19.5. The molecule has 3 aliphatic rings. The summed E-state index contributed by atoms with van der Waals surface area (Å²) in [6.45, 7) is 8.50. The van der Waals surface area contributed by atoms with Crippen LogP contribution >= 0.6 is 0 Å². The van der Waals surface area contributed by atoms with Gasteiger partial charge in [-0.1, -0.05) is 0 Å². The van der Waals surface area contributed by atoms with Gasteiger partial charge in [0, 0.05) is 18.5 Å². The molecule has 4 bridgehead atoms. The fourth-order valence-corrected chi connectivity index (χ4v) is 5.10. The molecule has 1 N–H and O–H groups in total. The first kappa shape index (κ1) is 23.1. The summed E-state index contributed by atoms with van der Waals surface area (Å²) in [4.78, 5) is 43.5. The Kier molecular flexibility index (Phi) is 6.32. The lowest BCUT2D eigenvalue weighted by Gasteiger charge is -2.53. The van der Waals surface area contributed by atoms with Gasteiger partial charge in [-0.05, 0) is 64.2 Å². The minimum absolute atomic E-state index is 0.0344. The maximum atomic E-state index is 12.4. The topological polar surface area (TPSA) is 107 Å². The van der Waals surface area contributed by atoms with Gasteiger partial charge in [0.15, 0.2) is 0 Å². The average Bonchev–Trinajstić information content (AvgIpc) is 2.73. The first-order valence-corrected chi connectivity index (χ1v) is 11.4. The number of rotatable bonds is 4. The van der Waals surface area contributed by atoms with Crippen LogP contribution in [0.25, 0.3) is 0 Å². The van der Waals surface area contributed by atoms with Crippen molar-refractivity contribution in [1.82, 2.24) is 4.98 Å². The Labute approximate surface area is 193 Å². The van der Waals surface area contributed by atoms with Gasteiger partial charge in [-0.15, -0.1) is 0 Å². The van der Waals surface area contributed by atoms with E-state index < -0.39 is 11.7 Å². The molecule has 178 valence electrons. The molecule has 3 fully saturated rings. The van der Waals surface area contributed by atoms with E-state index >= 15 is 0 Å². The van der Waals surface area contributed by atoms with Gasteiger partial charge >= 0.3 is 18.0 Å². The Hall–Kier alpha value is -3.10. The lowest BCUT2D eigenvalue weighted by Crippen LogP contribution is -2.59. The fourth-order valence-electron chi connectivity index (χ4n) is 5.10. The highest BCUT2D eigenvalue weighted by molar-refractivity contribution is 5.85. The van der Waals surface area contributed by atoms with Crippen molar-refractivity contribution in [1.29, 1.82) is 0 Å². The molecule has 1 aromatic rings. The Bertz CT molecular complexity index is 952. The van der Waals surface area contributed by atoms with Crippen molar-refractivity contribution >= 4 is 29.5 Å². The zero-order chi connectivity index (χ0) is 23.8. The van der Waals surface area contributed by atoms with Crippen molar-refractivity contribution < 1.29 is 28.6 Å². The number of ether oxygens (including phenoxy) is 3. The van der Waals surface area contributed by atoms with Crippen molar-refractivity contribution in [3.63, 3.8) is 0 Å². The number of anilines is 2. The number of fused-ring (bicyclic) bond motifs is 6. The molecule has 33 heavy (non-hydrogen) atoms. The maximum absolute atomic E-state index is 12.4. The minimum Gasteiger partial charge on any atom is -0.465 e. The van der Waals surface area contributed by atoms with Crippen molar-refractivity contribution in [2.45, 2.75) is 52.2 Å². The number of hydrogen-bond acceptors (Lipinski definition) is 8. The van der Waals surface area contributed by atoms with Crippen LogP contribution in [0.1, 0.15) is 40.5 Å². The molecule has 1 amide bonds. The quantitative estimate of drug-likeness (QED) is 0.417. The van der Waals surface area contributed by atoms with Crippen LogP contribution in [0.3, 0.4) is 0 Å². The molecule has 0 radical (unpaired) electrons. The van der Waals surface area contributed by atoms with Crippen LogP contribution in [-0.2, 0) is 23.8 Å². The zero-order valence-corrected chi connectivity index (χ0v) is 19.5. The van der Waals surface area contributed by atoms with Crippen LogP contribution in [-0.4, -0.2) is 54.4 Å². The summed E-state index contributed by atoms with van der Waals surface area (Å²) in [7, 11) is 0. The molecule has 1 saturated carbocycles. The second-order valence-electron chi connectivity index (χ2n) is 9.69. The van der Waals surface area contributed by atoms with Gasteiger partial charge in [0.05, 0.1) is 37.1 Å². The summed E-state index contributed by atoms with van der Waals surface area (Å²) in [5.74, 6) is 0.00440. The summed E-state index contributed by atoms with van der Waals surface area (Å²) in [6.07, 6.45) is 4.07. The molecule has 9 nitrogen and oxygen atoms in total. The fraction of sp³-hybridized carbons (Fsp3) is 0.583. The molecule has 0 aromatic carbocycles. The number of amides is 1. The molecule has 1 aromatic heterocycles. The number of nitrogens with zero attached hydrogens (tertiary/aromatic N) is 2. The Morgan fingerprint density at radius 3 is 2.76 bits per heavy atom. The van der Waals surface area contributed by atoms with E-state index in [1.807, 2.05) is 6.07 Å².